The summed E-state index contributed by atoms with van der Waals surface area (Å²) in [5.41, 5.74) is 1.21. The van der Waals surface area contributed by atoms with Gasteiger partial charge in [-0.3, -0.25) is 0 Å². The summed E-state index contributed by atoms with van der Waals surface area (Å²) in [4.78, 5) is 15.5. The number of carboxylic acids is 1. The van der Waals surface area contributed by atoms with Crippen molar-refractivity contribution in [2.24, 2.45) is 0 Å². The van der Waals surface area contributed by atoms with Gasteiger partial charge < -0.3 is 19.0 Å². The number of rotatable bonds is 5. The van der Waals surface area contributed by atoms with Crippen LogP contribution in [0.1, 0.15) is 16.1 Å². The first-order chi connectivity index (χ1) is 10.7. The maximum absolute atomic E-state index is 11.2. The van der Waals surface area contributed by atoms with Crippen LogP contribution in [0.2, 0.25) is 0 Å². The number of aromatic carboxylic acids is 1. The summed E-state index contributed by atoms with van der Waals surface area (Å²) in [6.07, 6.45) is 3.51. The van der Waals surface area contributed by atoms with Crippen molar-refractivity contribution >= 4 is 11.6 Å². The van der Waals surface area contributed by atoms with E-state index in [2.05, 4.69) is 4.98 Å². The topological polar surface area (TPSA) is 73.1 Å². The van der Waals surface area contributed by atoms with E-state index in [1.165, 1.54) is 6.07 Å². The molecule has 0 aliphatic carbocycles. The number of hydrogen-bond donors (Lipinski definition) is 1. The molecule has 0 aliphatic rings. The number of imidazole rings is 1. The Morgan fingerprint density at radius 1 is 1.27 bits per heavy atom. The van der Waals surface area contributed by atoms with Gasteiger partial charge in [0.25, 0.3) is 0 Å². The zero-order valence-corrected chi connectivity index (χ0v) is 11.9. The van der Waals surface area contributed by atoms with Gasteiger partial charge in [-0.1, -0.05) is 6.07 Å². The van der Waals surface area contributed by atoms with Crippen LogP contribution in [0.3, 0.4) is 0 Å². The highest BCUT2D eigenvalue weighted by atomic mass is 16.5. The maximum Gasteiger partial charge on any atom is 0.339 e. The van der Waals surface area contributed by atoms with Gasteiger partial charge in [0, 0.05) is 18.5 Å². The van der Waals surface area contributed by atoms with Crippen molar-refractivity contribution in [1.29, 1.82) is 0 Å². The largest absolute Gasteiger partial charge is 0.497 e. The minimum Gasteiger partial charge on any atom is -0.497 e. The number of methoxy groups -OCH3 is 1. The third kappa shape index (κ3) is 2.71. The number of carbonyl (C=O) groups is 1. The monoisotopic (exact) mass is 298 g/mol. The smallest absolute Gasteiger partial charge is 0.339 e. The third-order valence-electron chi connectivity index (χ3n) is 3.19. The Labute approximate surface area is 126 Å². The molecule has 0 amide bonds. The van der Waals surface area contributed by atoms with Gasteiger partial charge in [0.2, 0.25) is 0 Å². The van der Waals surface area contributed by atoms with Gasteiger partial charge in [-0.15, -0.1) is 0 Å². The van der Waals surface area contributed by atoms with Crippen LogP contribution in [0.15, 0.2) is 48.8 Å². The van der Waals surface area contributed by atoms with E-state index in [9.17, 15) is 4.79 Å². The minimum absolute atomic E-state index is 0.162. The van der Waals surface area contributed by atoms with Crippen molar-refractivity contribution in [2.75, 3.05) is 7.11 Å². The predicted molar refractivity (Wildman–Crippen MR) is 79.5 cm³/mol. The summed E-state index contributed by atoms with van der Waals surface area (Å²) in [5.74, 6) is 0.368. The molecule has 2 heterocycles. The van der Waals surface area contributed by atoms with Crippen molar-refractivity contribution in [3.05, 3.63) is 60.0 Å². The third-order valence-corrected chi connectivity index (χ3v) is 3.19. The number of aromatic nitrogens is 2. The lowest BCUT2D eigenvalue weighted by atomic mass is 10.3. The van der Waals surface area contributed by atoms with Crippen LogP contribution in [0, 0.1) is 0 Å². The summed E-state index contributed by atoms with van der Waals surface area (Å²) < 4.78 is 12.5. The van der Waals surface area contributed by atoms with Crippen molar-refractivity contribution in [3.8, 4) is 11.5 Å². The first-order valence-corrected chi connectivity index (χ1v) is 6.64. The molecular weight excluding hydrogens is 284 g/mol. The van der Waals surface area contributed by atoms with E-state index < -0.39 is 5.97 Å². The van der Waals surface area contributed by atoms with Crippen molar-refractivity contribution in [1.82, 2.24) is 9.38 Å². The molecule has 0 saturated heterocycles. The van der Waals surface area contributed by atoms with Gasteiger partial charge in [0.1, 0.15) is 23.7 Å². The highest BCUT2D eigenvalue weighted by Gasteiger charge is 2.12. The molecule has 1 N–H and O–H groups in total. The second-order valence-electron chi connectivity index (χ2n) is 4.66. The van der Waals surface area contributed by atoms with Crippen molar-refractivity contribution in [2.45, 2.75) is 6.61 Å². The van der Waals surface area contributed by atoms with E-state index >= 15 is 0 Å². The number of fused-ring (bicyclic) bond motifs is 1. The Morgan fingerprint density at radius 3 is 2.86 bits per heavy atom. The predicted octanol–water partition coefficient (Wildman–Crippen LogP) is 2.62. The second kappa shape index (κ2) is 5.77. The Hall–Kier alpha value is -3.02. The van der Waals surface area contributed by atoms with Crippen LogP contribution in [0.4, 0.5) is 0 Å². The van der Waals surface area contributed by atoms with Crippen molar-refractivity contribution < 1.29 is 19.4 Å². The SMILES string of the molecule is COc1cccc(OCc2cn3cccc(C(=O)O)c3n2)c1. The number of nitrogens with zero attached hydrogens (tertiary/aromatic N) is 2. The van der Waals surface area contributed by atoms with E-state index in [-0.39, 0.29) is 12.2 Å². The van der Waals surface area contributed by atoms with Crippen LogP contribution in [0.25, 0.3) is 5.65 Å². The number of pyridine rings is 1. The summed E-state index contributed by atoms with van der Waals surface area (Å²) in [7, 11) is 1.59. The number of hydrogen-bond acceptors (Lipinski definition) is 4. The Kier molecular flexibility index (Phi) is 3.65. The lowest BCUT2D eigenvalue weighted by Gasteiger charge is -2.05. The number of benzene rings is 1. The molecular formula is C16H14N2O4. The molecule has 0 saturated carbocycles. The van der Waals surface area contributed by atoms with Crippen LogP contribution in [0.5, 0.6) is 11.5 Å². The average molecular weight is 298 g/mol. The molecule has 0 aliphatic heterocycles. The fourth-order valence-electron chi connectivity index (χ4n) is 2.15. The Morgan fingerprint density at radius 2 is 2.09 bits per heavy atom. The molecule has 1 aromatic carbocycles. The molecule has 0 spiro atoms. The molecule has 0 radical (unpaired) electrons. The highest BCUT2D eigenvalue weighted by Crippen LogP contribution is 2.20. The first kappa shape index (κ1) is 13.9. The van der Waals surface area contributed by atoms with Crippen LogP contribution in [-0.2, 0) is 6.61 Å². The molecule has 0 atom stereocenters. The average Bonchev–Trinajstić information content (AvgIpc) is 2.95. The summed E-state index contributed by atoms with van der Waals surface area (Å²) >= 11 is 0. The van der Waals surface area contributed by atoms with Gasteiger partial charge in [0.05, 0.1) is 12.8 Å². The fraction of sp³-hybridized carbons (Fsp3) is 0.125. The first-order valence-electron chi connectivity index (χ1n) is 6.64. The molecule has 0 fully saturated rings. The molecule has 6 nitrogen and oxygen atoms in total. The van der Waals surface area contributed by atoms with E-state index in [0.29, 0.717) is 22.8 Å². The summed E-state index contributed by atoms with van der Waals surface area (Å²) in [6, 6.07) is 10.5. The lowest BCUT2D eigenvalue weighted by Crippen LogP contribution is -2.00. The van der Waals surface area contributed by atoms with Gasteiger partial charge in [-0.05, 0) is 24.3 Å². The van der Waals surface area contributed by atoms with Gasteiger partial charge in [-0.25, -0.2) is 9.78 Å². The minimum atomic E-state index is -1.00. The standard InChI is InChI=1S/C16H14N2O4/c1-21-12-4-2-5-13(8-12)22-10-11-9-18-7-3-6-14(16(19)20)15(18)17-11/h2-9H,10H2,1H3,(H,19,20). The molecule has 0 unspecified atom stereocenters. The Balaban J connectivity index is 1.82. The van der Waals surface area contributed by atoms with E-state index in [1.807, 2.05) is 18.2 Å². The fourth-order valence-corrected chi connectivity index (χ4v) is 2.15. The summed E-state index contributed by atoms with van der Waals surface area (Å²) in [5, 5.41) is 9.16. The quantitative estimate of drug-likeness (QED) is 0.784. The second-order valence-corrected chi connectivity index (χ2v) is 4.66. The zero-order chi connectivity index (χ0) is 15.5. The van der Waals surface area contributed by atoms with E-state index in [1.54, 1.807) is 36.0 Å². The van der Waals surface area contributed by atoms with E-state index in [0.717, 1.165) is 0 Å². The molecule has 0 bridgehead atoms. The molecule has 2 aromatic heterocycles. The van der Waals surface area contributed by atoms with Gasteiger partial charge >= 0.3 is 5.97 Å². The van der Waals surface area contributed by atoms with Crippen LogP contribution >= 0.6 is 0 Å². The highest BCUT2D eigenvalue weighted by molar-refractivity contribution is 5.94. The van der Waals surface area contributed by atoms with Crippen LogP contribution < -0.4 is 9.47 Å². The molecule has 3 rings (SSSR count). The number of ether oxygens (including phenoxy) is 2. The maximum atomic E-state index is 11.2. The molecule has 22 heavy (non-hydrogen) atoms. The Bertz CT molecular complexity index is 826. The van der Waals surface area contributed by atoms with Gasteiger partial charge in [0.15, 0.2) is 5.65 Å². The lowest BCUT2D eigenvalue weighted by molar-refractivity contribution is 0.0698. The molecule has 3 aromatic rings. The van der Waals surface area contributed by atoms with E-state index in [4.69, 9.17) is 14.6 Å². The number of carboxylic acid groups (broad SMARTS) is 1. The normalized spacial score (nSPS) is 10.6. The molecule has 112 valence electrons. The van der Waals surface area contributed by atoms with Crippen LogP contribution in [-0.4, -0.2) is 27.6 Å². The van der Waals surface area contributed by atoms with Gasteiger partial charge in [-0.2, -0.15) is 0 Å². The van der Waals surface area contributed by atoms with Crippen molar-refractivity contribution in [3.63, 3.8) is 0 Å². The molecule has 6 heteroatoms. The summed E-state index contributed by atoms with van der Waals surface area (Å²) in [6.45, 7) is 0.244. The zero-order valence-electron chi connectivity index (χ0n) is 11.9.